The highest BCUT2D eigenvalue weighted by Crippen LogP contribution is 2.33. The Hall–Kier alpha value is -2.80. The van der Waals surface area contributed by atoms with E-state index in [1.54, 1.807) is 7.11 Å². The fourth-order valence-corrected chi connectivity index (χ4v) is 4.35. The first-order chi connectivity index (χ1) is 13.6. The largest absolute Gasteiger partial charge is 0.496 e. The van der Waals surface area contributed by atoms with E-state index in [4.69, 9.17) is 4.74 Å². The Bertz CT molecular complexity index is 1020. The lowest BCUT2D eigenvalue weighted by atomic mass is 10.2. The number of benzene rings is 2. The van der Waals surface area contributed by atoms with E-state index < -0.39 is 0 Å². The number of nitrogens with zero attached hydrogens (tertiary/aromatic N) is 4. The highest BCUT2D eigenvalue weighted by Gasteiger charge is 2.29. The van der Waals surface area contributed by atoms with Crippen LogP contribution in [0.3, 0.4) is 0 Å². The molecule has 2 aromatic carbocycles. The van der Waals surface area contributed by atoms with Crippen LogP contribution in [0.5, 0.6) is 5.75 Å². The van der Waals surface area contributed by atoms with Gasteiger partial charge in [0.05, 0.1) is 17.9 Å². The normalized spacial score (nSPS) is 14.0. The van der Waals surface area contributed by atoms with Crippen LogP contribution in [0.15, 0.2) is 53.7 Å². The number of rotatable bonds is 5. The maximum Gasteiger partial charge on any atom is 0.240 e. The highest BCUT2D eigenvalue weighted by molar-refractivity contribution is 8.00. The summed E-state index contributed by atoms with van der Waals surface area (Å²) in [4.78, 5) is 14.9. The molecular formula is C21H22N4O2S. The summed E-state index contributed by atoms with van der Waals surface area (Å²) in [5.74, 6) is 1.55. The van der Waals surface area contributed by atoms with Crippen molar-refractivity contribution in [2.45, 2.75) is 23.8 Å². The Morgan fingerprint density at radius 1 is 1.14 bits per heavy atom. The van der Waals surface area contributed by atoms with E-state index in [-0.39, 0.29) is 11.2 Å². The molecular weight excluding hydrogens is 372 g/mol. The van der Waals surface area contributed by atoms with Crippen molar-refractivity contribution in [3.63, 3.8) is 0 Å². The maximum absolute atomic E-state index is 13.0. The number of fused-ring (bicyclic) bond motifs is 1. The number of hydrogen-bond donors (Lipinski definition) is 0. The van der Waals surface area contributed by atoms with Gasteiger partial charge in [-0.25, -0.2) is 0 Å². The molecule has 28 heavy (non-hydrogen) atoms. The molecule has 144 valence electrons. The fraction of sp³-hybridized carbons (Fsp3) is 0.286. The Balaban J connectivity index is 1.54. The summed E-state index contributed by atoms with van der Waals surface area (Å²) in [6, 6.07) is 15.8. The van der Waals surface area contributed by atoms with Crippen LogP contribution in [0.1, 0.15) is 12.5 Å². The number of aromatic nitrogens is 3. The van der Waals surface area contributed by atoms with Gasteiger partial charge < -0.3 is 14.2 Å². The van der Waals surface area contributed by atoms with Gasteiger partial charge in [-0.15, -0.1) is 10.2 Å². The van der Waals surface area contributed by atoms with Gasteiger partial charge in [-0.1, -0.05) is 42.1 Å². The van der Waals surface area contributed by atoms with E-state index in [0.29, 0.717) is 11.0 Å². The van der Waals surface area contributed by atoms with Crippen molar-refractivity contribution in [3.05, 3.63) is 54.1 Å². The van der Waals surface area contributed by atoms with Gasteiger partial charge in [0, 0.05) is 19.3 Å². The minimum absolute atomic E-state index is 0.0943. The first-order valence-electron chi connectivity index (χ1n) is 9.19. The van der Waals surface area contributed by atoms with Crippen molar-refractivity contribution in [2.75, 3.05) is 18.6 Å². The zero-order chi connectivity index (χ0) is 19.7. The summed E-state index contributed by atoms with van der Waals surface area (Å²) >= 11 is 1.43. The molecule has 6 nitrogen and oxygen atoms in total. The molecule has 1 amide bonds. The lowest BCUT2D eigenvalue weighted by Gasteiger charge is -2.21. The van der Waals surface area contributed by atoms with Crippen molar-refractivity contribution in [1.29, 1.82) is 0 Å². The number of para-hydroxylation sites is 2. The van der Waals surface area contributed by atoms with Crippen LogP contribution in [0, 0.1) is 0 Å². The number of methoxy groups -OCH3 is 1. The molecule has 0 unspecified atom stereocenters. The SMILES string of the molecule is COc1ccccc1-c1nnc(S[C@@H](C)C(=O)N2CCc3ccccc32)n1C. The van der Waals surface area contributed by atoms with E-state index in [2.05, 4.69) is 16.3 Å². The zero-order valence-corrected chi connectivity index (χ0v) is 16.9. The molecule has 0 spiro atoms. The lowest BCUT2D eigenvalue weighted by Crippen LogP contribution is -2.35. The molecule has 4 rings (SSSR count). The van der Waals surface area contributed by atoms with Crippen LogP contribution >= 0.6 is 11.8 Å². The number of carbonyl (C=O) groups excluding carboxylic acids is 1. The zero-order valence-electron chi connectivity index (χ0n) is 16.1. The first kappa shape index (κ1) is 18.6. The van der Waals surface area contributed by atoms with Gasteiger partial charge in [0.25, 0.3) is 0 Å². The molecule has 0 bridgehead atoms. The van der Waals surface area contributed by atoms with Crippen LogP contribution < -0.4 is 9.64 Å². The van der Waals surface area contributed by atoms with Crippen molar-refractivity contribution in [1.82, 2.24) is 14.8 Å². The molecule has 0 radical (unpaired) electrons. The topological polar surface area (TPSA) is 60.3 Å². The van der Waals surface area contributed by atoms with Crippen LogP contribution in [0.4, 0.5) is 5.69 Å². The highest BCUT2D eigenvalue weighted by atomic mass is 32.2. The van der Waals surface area contributed by atoms with Crippen LogP contribution in [-0.2, 0) is 18.3 Å². The lowest BCUT2D eigenvalue weighted by molar-refractivity contribution is -0.117. The van der Waals surface area contributed by atoms with Gasteiger partial charge in [0.1, 0.15) is 5.75 Å². The summed E-state index contributed by atoms with van der Waals surface area (Å²) in [5.41, 5.74) is 3.12. The second-order valence-corrected chi connectivity index (χ2v) is 8.00. The van der Waals surface area contributed by atoms with Gasteiger partial charge in [0.15, 0.2) is 11.0 Å². The summed E-state index contributed by atoms with van der Waals surface area (Å²) in [5, 5.41) is 9.08. The Morgan fingerprint density at radius 3 is 2.71 bits per heavy atom. The molecule has 3 aromatic rings. The predicted molar refractivity (Wildman–Crippen MR) is 111 cm³/mol. The van der Waals surface area contributed by atoms with E-state index in [1.165, 1.54) is 17.3 Å². The number of carbonyl (C=O) groups is 1. The molecule has 1 aromatic heterocycles. The number of hydrogen-bond acceptors (Lipinski definition) is 5. The van der Waals surface area contributed by atoms with Crippen LogP contribution in [-0.4, -0.2) is 39.6 Å². The van der Waals surface area contributed by atoms with E-state index in [9.17, 15) is 4.79 Å². The van der Waals surface area contributed by atoms with Gasteiger partial charge in [0.2, 0.25) is 5.91 Å². The molecule has 0 fully saturated rings. The third-order valence-corrected chi connectivity index (χ3v) is 6.09. The van der Waals surface area contributed by atoms with Crippen LogP contribution in [0.2, 0.25) is 0 Å². The molecule has 1 atom stereocenters. The molecule has 1 aliphatic rings. The second kappa shape index (κ2) is 7.67. The molecule has 0 N–H and O–H groups in total. The van der Waals surface area contributed by atoms with Gasteiger partial charge in [-0.3, -0.25) is 4.79 Å². The fourth-order valence-electron chi connectivity index (χ4n) is 3.48. The molecule has 0 saturated heterocycles. The summed E-state index contributed by atoms with van der Waals surface area (Å²) < 4.78 is 7.34. The van der Waals surface area contributed by atoms with E-state index in [1.807, 2.05) is 65.9 Å². The molecule has 7 heteroatoms. The summed E-state index contributed by atoms with van der Waals surface area (Å²) in [7, 11) is 3.55. The van der Waals surface area contributed by atoms with E-state index >= 15 is 0 Å². The Morgan fingerprint density at radius 2 is 1.89 bits per heavy atom. The van der Waals surface area contributed by atoms with Gasteiger partial charge in [-0.05, 0) is 37.1 Å². The molecule has 0 saturated carbocycles. The van der Waals surface area contributed by atoms with Crippen molar-refractivity contribution in [3.8, 4) is 17.1 Å². The standard InChI is InChI=1S/C21H22N4O2S/c1-14(20(26)25-13-12-15-8-4-6-10-17(15)25)28-21-23-22-19(24(21)2)16-9-5-7-11-18(16)27-3/h4-11,14H,12-13H2,1-3H3/t14-/m0/s1. The van der Waals surface area contributed by atoms with Gasteiger partial charge >= 0.3 is 0 Å². The molecule has 2 heterocycles. The average molecular weight is 395 g/mol. The third kappa shape index (κ3) is 3.26. The minimum Gasteiger partial charge on any atom is -0.496 e. The van der Waals surface area contributed by atoms with E-state index in [0.717, 1.165) is 30.0 Å². The number of ether oxygens (including phenoxy) is 1. The molecule has 0 aliphatic carbocycles. The number of anilines is 1. The van der Waals surface area contributed by atoms with Crippen molar-refractivity contribution < 1.29 is 9.53 Å². The first-order valence-corrected chi connectivity index (χ1v) is 10.1. The van der Waals surface area contributed by atoms with Crippen molar-refractivity contribution in [2.24, 2.45) is 7.05 Å². The average Bonchev–Trinajstić information content (AvgIpc) is 3.31. The Labute approximate surface area is 168 Å². The summed E-state index contributed by atoms with van der Waals surface area (Å²) in [6.07, 6.45) is 0.904. The molecule has 1 aliphatic heterocycles. The van der Waals surface area contributed by atoms with Crippen molar-refractivity contribution >= 4 is 23.4 Å². The van der Waals surface area contributed by atoms with Crippen LogP contribution in [0.25, 0.3) is 11.4 Å². The Kier molecular flexibility index (Phi) is 5.09. The second-order valence-electron chi connectivity index (χ2n) is 6.69. The number of amides is 1. The quantitative estimate of drug-likeness (QED) is 0.619. The number of thioether (sulfide) groups is 1. The predicted octanol–water partition coefficient (Wildman–Crippen LogP) is 3.56. The third-order valence-electron chi connectivity index (χ3n) is 4.97. The summed E-state index contributed by atoms with van der Waals surface area (Å²) in [6.45, 7) is 2.65. The maximum atomic E-state index is 13.0. The minimum atomic E-state index is -0.264. The smallest absolute Gasteiger partial charge is 0.240 e. The van der Waals surface area contributed by atoms with Gasteiger partial charge in [-0.2, -0.15) is 0 Å². The monoisotopic (exact) mass is 394 g/mol.